The number of halogens is 2. The summed E-state index contributed by atoms with van der Waals surface area (Å²) in [7, 11) is 0. The summed E-state index contributed by atoms with van der Waals surface area (Å²) in [5, 5.41) is 12.5. The summed E-state index contributed by atoms with van der Waals surface area (Å²) in [4.78, 5) is 23.0. The van der Waals surface area contributed by atoms with Gasteiger partial charge in [-0.25, -0.2) is 4.79 Å². The van der Waals surface area contributed by atoms with E-state index in [1.807, 2.05) is 6.07 Å². The van der Waals surface area contributed by atoms with Crippen molar-refractivity contribution >= 4 is 35.1 Å². The summed E-state index contributed by atoms with van der Waals surface area (Å²) in [6, 6.07) is 5.30. The van der Waals surface area contributed by atoms with E-state index in [2.05, 4.69) is 5.32 Å². The van der Waals surface area contributed by atoms with Crippen LogP contribution in [-0.4, -0.2) is 22.5 Å². The van der Waals surface area contributed by atoms with Gasteiger partial charge in [0.15, 0.2) is 0 Å². The van der Waals surface area contributed by atoms with Gasteiger partial charge in [-0.05, 0) is 43.9 Å². The van der Waals surface area contributed by atoms with Crippen LogP contribution in [0.3, 0.4) is 0 Å². The number of carboxylic acid groups (broad SMARTS) is 1. The number of hydrogen-bond acceptors (Lipinski definition) is 2. The molecule has 1 saturated carbocycles. The van der Waals surface area contributed by atoms with Crippen LogP contribution in [0.25, 0.3) is 0 Å². The molecule has 1 amide bonds. The third-order valence-electron chi connectivity index (χ3n) is 3.47. The lowest BCUT2D eigenvalue weighted by atomic mass is 10.0. The molecule has 2 unspecified atom stereocenters. The first-order valence-corrected chi connectivity index (χ1v) is 6.98. The van der Waals surface area contributed by atoms with Crippen LogP contribution < -0.4 is 5.32 Å². The summed E-state index contributed by atoms with van der Waals surface area (Å²) < 4.78 is 0. The number of benzene rings is 1. The van der Waals surface area contributed by atoms with E-state index in [1.165, 1.54) is 13.8 Å². The van der Waals surface area contributed by atoms with Gasteiger partial charge in [0, 0.05) is 5.92 Å². The Kier molecular flexibility index (Phi) is 3.98. The molecule has 1 aromatic rings. The molecule has 20 heavy (non-hydrogen) atoms. The molecule has 0 aliphatic heterocycles. The highest BCUT2D eigenvalue weighted by atomic mass is 35.5. The maximum absolute atomic E-state index is 12.0. The summed E-state index contributed by atoms with van der Waals surface area (Å²) in [6.07, 6.45) is 0.694. The fourth-order valence-electron chi connectivity index (χ4n) is 2.05. The zero-order chi connectivity index (χ0) is 15.1. The number of carboxylic acids is 1. The van der Waals surface area contributed by atoms with Crippen molar-refractivity contribution in [1.82, 2.24) is 5.32 Å². The summed E-state index contributed by atoms with van der Waals surface area (Å²) in [5.74, 6) is -1.42. The molecule has 0 aromatic heterocycles. The SMILES string of the molecule is CC(C)(NC(=O)C1CC1c1ccc(Cl)c(Cl)c1)C(=O)O. The van der Waals surface area contributed by atoms with Gasteiger partial charge < -0.3 is 10.4 Å². The van der Waals surface area contributed by atoms with Crippen molar-refractivity contribution in [3.8, 4) is 0 Å². The lowest BCUT2D eigenvalue weighted by Gasteiger charge is -2.21. The molecule has 2 N–H and O–H groups in total. The number of carbonyl (C=O) groups excluding carboxylic acids is 1. The largest absolute Gasteiger partial charge is 0.480 e. The van der Waals surface area contributed by atoms with Gasteiger partial charge in [-0.15, -0.1) is 0 Å². The summed E-state index contributed by atoms with van der Waals surface area (Å²) in [5.41, 5.74) is -0.310. The number of hydrogen-bond donors (Lipinski definition) is 2. The highest BCUT2D eigenvalue weighted by Crippen LogP contribution is 2.48. The predicted molar refractivity (Wildman–Crippen MR) is 77.2 cm³/mol. The van der Waals surface area contributed by atoms with E-state index >= 15 is 0 Å². The molecule has 1 aromatic carbocycles. The highest BCUT2D eigenvalue weighted by molar-refractivity contribution is 6.42. The first kappa shape index (κ1) is 15.1. The monoisotopic (exact) mass is 315 g/mol. The molecule has 0 radical (unpaired) electrons. The maximum atomic E-state index is 12.0. The number of carbonyl (C=O) groups is 2. The topological polar surface area (TPSA) is 66.4 Å². The standard InChI is InChI=1S/C14H15Cl2NO3/c1-14(2,13(19)20)17-12(18)9-6-8(9)7-3-4-10(15)11(16)5-7/h3-5,8-9H,6H2,1-2H3,(H,17,18)(H,19,20). The minimum Gasteiger partial charge on any atom is -0.480 e. The van der Waals surface area contributed by atoms with E-state index in [0.717, 1.165) is 5.56 Å². The van der Waals surface area contributed by atoms with Gasteiger partial charge in [-0.3, -0.25) is 4.79 Å². The Labute approximate surface area is 127 Å². The van der Waals surface area contributed by atoms with Crippen LogP contribution in [0.15, 0.2) is 18.2 Å². The van der Waals surface area contributed by atoms with Crippen molar-refractivity contribution in [2.75, 3.05) is 0 Å². The zero-order valence-corrected chi connectivity index (χ0v) is 12.6. The van der Waals surface area contributed by atoms with Gasteiger partial charge in [-0.1, -0.05) is 29.3 Å². The van der Waals surface area contributed by atoms with E-state index in [4.69, 9.17) is 28.3 Å². The minimum absolute atomic E-state index is 0.0781. The molecule has 108 valence electrons. The number of nitrogens with one attached hydrogen (secondary N) is 1. The third kappa shape index (κ3) is 3.07. The highest BCUT2D eigenvalue weighted by Gasteiger charge is 2.46. The molecule has 0 saturated heterocycles. The Morgan fingerprint density at radius 1 is 1.30 bits per heavy atom. The summed E-state index contributed by atoms with van der Waals surface area (Å²) >= 11 is 11.8. The van der Waals surface area contributed by atoms with Crippen LogP contribution in [0.2, 0.25) is 10.0 Å². The molecule has 1 fully saturated rings. The van der Waals surface area contributed by atoms with Gasteiger partial charge in [0.1, 0.15) is 5.54 Å². The van der Waals surface area contributed by atoms with Gasteiger partial charge >= 0.3 is 5.97 Å². The number of amides is 1. The number of aliphatic carboxylic acids is 1. The smallest absolute Gasteiger partial charge is 0.328 e. The van der Waals surface area contributed by atoms with Crippen molar-refractivity contribution < 1.29 is 14.7 Å². The van der Waals surface area contributed by atoms with Crippen molar-refractivity contribution in [1.29, 1.82) is 0 Å². The Bertz CT molecular complexity index is 572. The van der Waals surface area contributed by atoms with Gasteiger partial charge in [0.05, 0.1) is 10.0 Å². The van der Waals surface area contributed by atoms with Crippen molar-refractivity contribution in [3.05, 3.63) is 33.8 Å². The van der Waals surface area contributed by atoms with E-state index < -0.39 is 11.5 Å². The lowest BCUT2D eigenvalue weighted by molar-refractivity contribution is -0.146. The fourth-order valence-corrected chi connectivity index (χ4v) is 2.36. The van der Waals surface area contributed by atoms with Gasteiger partial charge in [0.2, 0.25) is 5.91 Å². The second kappa shape index (κ2) is 5.26. The third-order valence-corrected chi connectivity index (χ3v) is 4.21. The molecule has 1 aliphatic carbocycles. The lowest BCUT2D eigenvalue weighted by Crippen LogP contribution is -2.50. The fraction of sp³-hybridized carbons (Fsp3) is 0.429. The molecule has 6 heteroatoms. The van der Waals surface area contributed by atoms with E-state index in [9.17, 15) is 9.59 Å². The first-order chi connectivity index (χ1) is 9.22. The molecule has 4 nitrogen and oxygen atoms in total. The maximum Gasteiger partial charge on any atom is 0.328 e. The molecule has 2 rings (SSSR count). The van der Waals surface area contributed by atoms with Crippen molar-refractivity contribution in [2.45, 2.75) is 31.7 Å². The van der Waals surface area contributed by atoms with E-state index in [-0.39, 0.29) is 17.7 Å². The molecule has 0 spiro atoms. The molecule has 0 bridgehead atoms. The predicted octanol–water partition coefficient (Wildman–Crippen LogP) is 3.08. The van der Waals surface area contributed by atoms with Gasteiger partial charge in [-0.2, -0.15) is 0 Å². The second-order valence-electron chi connectivity index (χ2n) is 5.54. The van der Waals surface area contributed by atoms with E-state index in [1.54, 1.807) is 12.1 Å². The average Bonchev–Trinajstić information content (AvgIpc) is 3.12. The molecular formula is C14H15Cl2NO3. The Morgan fingerprint density at radius 3 is 2.50 bits per heavy atom. The Balaban J connectivity index is 2.02. The Morgan fingerprint density at radius 2 is 1.95 bits per heavy atom. The van der Waals surface area contributed by atoms with Crippen LogP contribution >= 0.6 is 23.2 Å². The minimum atomic E-state index is -1.26. The van der Waals surface area contributed by atoms with Crippen LogP contribution in [0.1, 0.15) is 31.7 Å². The Hall–Kier alpha value is -1.26. The molecular weight excluding hydrogens is 301 g/mol. The molecule has 0 heterocycles. The van der Waals surface area contributed by atoms with Crippen LogP contribution in [0, 0.1) is 5.92 Å². The van der Waals surface area contributed by atoms with E-state index in [0.29, 0.717) is 16.5 Å². The van der Waals surface area contributed by atoms with Crippen molar-refractivity contribution in [3.63, 3.8) is 0 Å². The quantitative estimate of drug-likeness (QED) is 0.897. The molecule has 2 atom stereocenters. The molecule has 1 aliphatic rings. The average molecular weight is 316 g/mol. The van der Waals surface area contributed by atoms with Crippen molar-refractivity contribution in [2.24, 2.45) is 5.92 Å². The summed E-state index contributed by atoms with van der Waals surface area (Å²) in [6.45, 7) is 2.92. The normalized spacial score (nSPS) is 21.4. The first-order valence-electron chi connectivity index (χ1n) is 6.23. The van der Waals surface area contributed by atoms with Gasteiger partial charge in [0.25, 0.3) is 0 Å². The van der Waals surface area contributed by atoms with Crippen LogP contribution in [-0.2, 0) is 9.59 Å². The number of rotatable bonds is 4. The second-order valence-corrected chi connectivity index (χ2v) is 6.36. The van der Waals surface area contributed by atoms with Crippen LogP contribution in [0.4, 0.5) is 0 Å². The zero-order valence-electron chi connectivity index (χ0n) is 11.1. The van der Waals surface area contributed by atoms with Crippen LogP contribution in [0.5, 0.6) is 0 Å².